The molecule has 0 bridgehead atoms. The molecule has 1 atom stereocenters. The number of hydrogen-bond donors (Lipinski definition) is 1. The van der Waals surface area contributed by atoms with Crippen LogP contribution in [-0.4, -0.2) is 35.7 Å². The van der Waals surface area contributed by atoms with Crippen LogP contribution in [0, 0.1) is 24.6 Å². The maximum absolute atomic E-state index is 13.5. The lowest BCUT2D eigenvalue weighted by Gasteiger charge is -2.32. The maximum Gasteiger partial charge on any atom is 0.125 e. The van der Waals surface area contributed by atoms with Crippen LogP contribution in [0.15, 0.2) is 47.6 Å². The third-order valence-electron chi connectivity index (χ3n) is 6.66. The number of rotatable bonds is 5. The number of benzene rings is 2. The number of halogens is 1. The molecule has 1 aliphatic heterocycles. The van der Waals surface area contributed by atoms with Gasteiger partial charge in [-0.15, -0.1) is 0 Å². The number of aliphatic imine (C=N–C) groups is 1. The smallest absolute Gasteiger partial charge is 0.125 e. The van der Waals surface area contributed by atoms with E-state index in [9.17, 15) is 4.39 Å². The summed E-state index contributed by atoms with van der Waals surface area (Å²) in [7, 11) is 2.21. The van der Waals surface area contributed by atoms with Crippen molar-refractivity contribution in [2.45, 2.75) is 40.0 Å². The quantitative estimate of drug-likeness (QED) is 0.468. The summed E-state index contributed by atoms with van der Waals surface area (Å²) < 4.78 is 13.5. The standard InChI is InChI=1S/C26H32FN3/c1-5-17(2)26(19-10-12-30(4)13-11-19)29-24-9-6-20(14-18(24)3)23-16-28-25-15-21(27)7-8-22(23)25/h6-9,14-17,19,28H,5,10-13H2,1-4H3. The Balaban J connectivity index is 1.67. The number of H-pyrrole nitrogens is 1. The molecule has 2 heterocycles. The van der Waals surface area contributed by atoms with Crippen LogP contribution in [0.3, 0.4) is 0 Å². The molecule has 30 heavy (non-hydrogen) atoms. The molecular weight excluding hydrogens is 373 g/mol. The van der Waals surface area contributed by atoms with Crippen molar-refractivity contribution in [3.8, 4) is 11.1 Å². The van der Waals surface area contributed by atoms with E-state index in [0.717, 1.165) is 47.2 Å². The van der Waals surface area contributed by atoms with Gasteiger partial charge in [0.25, 0.3) is 0 Å². The van der Waals surface area contributed by atoms with Crippen molar-refractivity contribution in [3.05, 3.63) is 54.0 Å². The molecule has 0 saturated carbocycles. The fraction of sp³-hybridized carbons (Fsp3) is 0.423. The van der Waals surface area contributed by atoms with E-state index in [-0.39, 0.29) is 5.82 Å². The van der Waals surface area contributed by atoms with Gasteiger partial charge in [-0.1, -0.05) is 19.9 Å². The van der Waals surface area contributed by atoms with E-state index in [1.54, 1.807) is 6.07 Å². The molecule has 3 nitrogen and oxygen atoms in total. The largest absolute Gasteiger partial charge is 0.360 e. The van der Waals surface area contributed by atoms with Crippen LogP contribution in [0.1, 0.15) is 38.7 Å². The first-order chi connectivity index (χ1) is 14.5. The second-order valence-corrected chi connectivity index (χ2v) is 8.82. The Kier molecular flexibility index (Phi) is 6.05. The molecule has 1 unspecified atom stereocenters. The Labute approximate surface area is 179 Å². The molecular formula is C26H32FN3. The van der Waals surface area contributed by atoms with Crippen molar-refractivity contribution in [2.24, 2.45) is 16.8 Å². The molecule has 1 aliphatic rings. The lowest BCUT2D eigenvalue weighted by atomic mass is 9.84. The average molecular weight is 406 g/mol. The molecule has 0 aliphatic carbocycles. The van der Waals surface area contributed by atoms with Gasteiger partial charge >= 0.3 is 0 Å². The summed E-state index contributed by atoms with van der Waals surface area (Å²) in [6.45, 7) is 9.01. The monoisotopic (exact) mass is 405 g/mol. The summed E-state index contributed by atoms with van der Waals surface area (Å²) >= 11 is 0. The van der Waals surface area contributed by atoms with Gasteiger partial charge in [-0.25, -0.2) is 4.39 Å². The zero-order valence-corrected chi connectivity index (χ0v) is 18.5. The van der Waals surface area contributed by atoms with Gasteiger partial charge in [0, 0.05) is 28.4 Å². The predicted molar refractivity (Wildman–Crippen MR) is 125 cm³/mol. The fourth-order valence-electron chi connectivity index (χ4n) is 4.54. The van der Waals surface area contributed by atoms with E-state index >= 15 is 0 Å². The van der Waals surface area contributed by atoms with Crippen LogP contribution < -0.4 is 0 Å². The normalized spacial score (nSPS) is 17.6. The van der Waals surface area contributed by atoms with E-state index < -0.39 is 0 Å². The first-order valence-electron chi connectivity index (χ1n) is 11.1. The summed E-state index contributed by atoms with van der Waals surface area (Å²) in [6, 6.07) is 11.4. The van der Waals surface area contributed by atoms with Gasteiger partial charge in [0.1, 0.15) is 5.82 Å². The molecule has 0 amide bonds. The van der Waals surface area contributed by atoms with Crippen molar-refractivity contribution in [2.75, 3.05) is 20.1 Å². The Morgan fingerprint density at radius 3 is 2.67 bits per heavy atom. The van der Waals surface area contributed by atoms with Crippen molar-refractivity contribution >= 4 is 22.3 Å². The highest BCUT2D eigenvalue weighted by molar-refractivity contribution is 5.96. The molecule has 158 valence electrons. The third-order valence-corrected chi connectivity index (χ3v) is 6.66. The molecule has 4 rings (SSSR count). The van der Waals surface area contributed by atoms with Gasteiger partial charge in [0.2, 0.25) is 0 Å². The van der Waals surface area contributed by atoms with Crippen LogP contribution in [0.25, 0.3) is 22.0 Å². The van der Waals surface area contributed by atoms with Gasteiger partial charge in [-0.2, -0.15) is 0 Å². The van der Waals surface area contributed by atoms with Crippen molar-refractivity contribution in [3.63, 3.8) is 0 Å². The van der Waals surface area contributed by atoms with E-state index in [2.05, 4.69) is 55.9 Å². The molecule has 0 spiro atoms. The van der Waals surface area contributed by atoms with Crippen molar-refractivity contribution in [1.29, 1.82) is 0 Å². The van der Waals surface area contributed by atoms with Crippen LogP contribution >= 0.6 is 0 Å². The van der Waals surface area contributed by atoms with Crippen LogP contribution in [0.2, 0.25) is 0 Å². The van der Waals surface area contributed by atoms with Crippen molar-refractivity contribution < 1.29 is 4.39 Å². The van der Waals surface area contributed by atoms with Gasteiger partial charge in [0.15, 0.2) is 0 Å². The van der Waals surface area contributed by atoms with Gasteiger partial charge in [-0.3, -0.25) is 4.99 Å². The molecule has 1 saturated heterocycles. The number of hydrogen-bond acceptors (Lipinski definition) is 2. The molecule has 1 N–H and O–H groups in total. The van der Waals surface area contributed by atoms with E-state index in [4.69, 9.17) is 4.99 Å². The minimum absolute atomic E-state index is 0.219. The summed E-state index contributed by atoms with van der Waals surface area (Å²) in [5, 5.41) is 1.04. The predicted octanol–water partition coefficient (Wildman–Crippen LogP) is 6.74. The van der Waals surface area contributed by atoms with Crippen LogP contribution in [-0.2, 0) is 0 Å². The number of nitrogens with zero attached hydrogens (tertiary/aromatic N) is 2. The molecule has 2 aromatic carbocycles. The lowest BCUT2D eigenvalue weighted by molar-refractivity contribution is 0.249. The summed E-state index contributed by atoms with van der Waals surface area (Å²) in [5.41, 5.74) is 6.67. The highest BCUT2D eigenvalue weighted by Gasteiger charge is 2.25. The highest BCUT2D eigenvalue weighted by Crippen LogP contribution is 2.33. The average Bonchev–Trinajstić information content (AvgIpc) is 3.16. The minimum Gasteiger partial charge on any atom is -0.360 e. The number of likely N-dealkylation sites (tertiary alicyclic amines) is 1. The maximum atomic E-state index is 13.5. The number of fused-ring (bicyclic) bond motifs is 1. The summed E-state index contributed by atoms with van der Waals surface area (Å²) in [5.74, 6) is 0.864. The molecule has 1 aromatic heterocycles. The third kappa shape index (κ3) is 4.20. The first-order valence-corrected chi connectivity index (χ1v) is 11.1. The first kappa shape index (κ1) is 20.8. The van der Waals surface area contributed by atoms with E-state index in [1.807, 2.05) is 12.3 Å². The zero-order valence-electron chi connectivity index (χ0n) is 18.5. The van der Waals surface area contributed by atoms with Crippen molar-refractivity contribution in [1.82, 2.24) is 9.88 Å². The minimum atomic E-state index is -0.219. The van der Waals surface area contributed by atoms with E-state index in [0.29, 0.717) is 11.8 Å². The molecule has 4 heteroatoms. The summed E-state index contributed by atoms with van der Waals surface area (Å²) in [6.07, 6.45) is 5.48. The molecule has 1 fully saturated rings. The highest BCUT2D eigenvalue weighted by atomic mass is 19.1. The number of aromatic nitrogens is 1. The van der Waals surface area contributed by atoms with Gasteiger partial charge in [0.05, 0.1) is 5.69 Å². The summed E-state index contributed by atoms with van der Waals surface area (Å²) in [4.78, 5) is 10.8. The Bertz CT molecular complexity index is 1060. The lowest BCUT2D eigenvalue weighted by Crippen LogP contribution is -2.35. The van der Waals surface area contributed by atoms with Gasteiger partial charge in [-0.05, 0) is 99.6 Å². The van der Waals surface area contributed by atoms with E-state index in [1.165, 1.54) is 30.2 Å². The number of aryl methyl sites for hydroxylation is 1. The second-order valence-electron chi connectivity index (χ2n) is 8.82. The number of piperidine rings is 1. The molecule has 3 aromatic rings. The molecule has 0 radical (unpaired) electrons. The Morgan fingerprint density at radius 1 is 1.20 bits per heavy atom. The zero-order chi connectivity index (χ0) is 21.3. The Morgan fingerprint density at radius 2 is 1.97 bits per heavy atom. The number of nitrogens with one attached hydrogen (secondary N) is 1. The fourth-order valence-corrected chi connectivity index (χ4v) is 4.54. The SMILES string of the molecule is CCC(C)C(=Nc1ccc(-c2c[nH]c3cc(F)ccc23)cc1C)C1CCN(C)CC1. The second kappa shape index (κ2) is 8.73. The Hall–Kier alpha value is -2.46. The number of aromatic amines is 1. The van der Waals surface area contributed by atoms with Crippen LogP contribution in [0.4, 0.5) is 10.1 Å². The van der Waals surface area contributed by atoms with Crippen LogP contribution in [0.5, 0.6) is 0 Å². The van der Waals surface area contributed by atoms with Gasteiger partial charge < -0.3 is 9.88 Å². The topological polar surface area (TPSA) is 31.4 Å².